The number of carbonyl (C=O) groups is 1. The summed E-state index contributed by atoms with van der Waals surface area (Å²) in [6.45, 7) is 5.14. The lowest BCUT2D eigenvalue weighted by Crippen LogP contribution is -2.13. The summed E-state index contributed by atoms with van der Waals surface area (Å²) in [6.07, 6.45) is 7.67. The molecule has 11 nitrogen and oxygen atoms in total. The Balaban J connectivity index is 0.782. The van der Waals surface area contributed by atoms with Crippen LogP contribution in [0.1, 0.15) is 40.0 Å². The molecule has 0 bridgehead atoms. The van der Waals surface area contributed by atoms with Crippen molar-refractivity contribution in [2.75, 3.05) is 39.6 Å². The highest BCUT2D eigenvalue weighted by molar-refractivity contribution is 6.08. The summed E-state index contributed by atoms with van der Waals surface area (Å²) in [5.74, 6) is 1.04. The lowest BCUT2D eigenvalue weighted by molar-refractivity contribution is 0.0333. The molecule has 0 aliphatic carbocycles. The lowest BCUT2D eigenvalue weighted by atomic mass is 10.1. The minimum atomic E-state index is -0.485. The van der Waals surface area contributed by atoms with Crippen LogP contribution in [0.4, 0.5) is 4.39 Å². The van der Waals surface area contributed by atoms with Crippen LogP contribution < -0.4 is 14.9 Å². The van der Waals surface area contributed by atoms with E-state index in [-0.39, 0.29) is 27.9 Å². The second kappa shape index (κ2) is 19.3. The number of ether oxygens (including phenoxy) is 4. The Labute approximate surface area is 317 Å². The van der Waals surface area contributed by atoms with Gasteiger partial charge in [-0.05, 0) is 110 Å². The third-order valence-corrected chi connectivity index (χ3v) is 8.57. The number of nitrogens with zero attached hydrogens (tertiary/aromatic N) is 3. The van der Waals surface area contributed by atoms with Crippen molar-refractivity contribution in [3.63, 3.8) is 0 Å². The fourth-order valence-corrected chi connectivity index (χ4v) is 5.63. The highest BCUT2D eigenvalue weighted by atomic mass is 19.1. The first-order valence-electron chi connectivity index (χ1n) is 18.1. The zero-order chi connectivity index (χ0) is 38.4. The van der Waals surface area contributed by atoms with Crippen molar-refractivity contribution in [3.05, 3.63) is 142 Å². The molecule has 0 saturated heterocycles. The van der Waals surface area contributed by atoms with Gasteiger partial charge in [-0.3, -0.25) is 9.59 Å². The number of aromatic nitrogens is 3. The van der Waals surface area contributed by atoms with Crippen LogP contribution in [-0.2, 0) is 22.4 Å². The summed E-state index contributed by atoms with van der Waals surface area (Å²) in [5, 5.41) is 18.7. The molecule has 0 amide bonds. The molecule has 0 radical (unpaired) electrons. The molecule has 0 spiro atoms. The quantitative estimate of drug-likeness (QED) is 0.0472. The summed E-state index contributed by atoms with van der Waals surface area (Å²) in [6, 6.07) is 24.9. The van der Waals surface area contributed by atoms with Crippen LogP contribution >= 0.6 is 0 Å². The van der Waals surface area contributed by atoms with Crippen LogP contribution in [0.5, 0.6) is 17.2 Å². The molecule has 0 atom stereocenters. The van der Waals surface area contributed by atoms with Crippen molar-refractivity contribution in [2.24, 2.45) is 0 Å². The molecule has 2 heterocycles. The fraction of sp³-hybridized carbons (Fsp3) is 0.256. The van der Waals surface area contributed by atoms with E-state index < -0.39 is 5.82 Å². The number of fused-ring (bicyclic) bond motifs is 1. The van der Waals surface area contributed by atoms with Gasteiger partial charge in [-0.25, -0.2) is 9.07 Å². The minimum Gasteiger partial charge on any atom is -0.507 e. The van der Waals surface area contributed by atoms with Crippen LogP contribution in [0.3, 0.4) is 0 Å². The zero-order valence-electron chi connectivity index (χ0n) is 30.5. The van der Waals surface area contributed by atoms with Crippen molar-refractivity contribution in [1.29, 1.82) is 0 Å². The highest BCUT2D eigenvalue weighted by Crippen LogP contribution is 2.25. The second-order valence-corrected chi connectivity index (χ2v) is 12.8. The summed E-state index contributed by atoms with van der Waals surface area (Å²) in [4.78, 5) is 24.8. The Morgan fingerprint density at radius 1 is 0.836 bits per heavy atom. The number of aryl methyl sites for hydroxylation is 2. The molecule has 0 unspecified atom stereocenters. The van der Waals surface area contributed by atoms with Gasteiger partial charge in [0.1, 0.15) is 41.0 Å². The average molecular weight is 748 g/mol. The second-order valence-electron chi connectivity index (χ2n) is 12.8. The van der Waals surface area contributed by atoms with E-state index in [1.54, 1.807) is 53.2 Å². The van der Waals surface area contributed by atoms with E-state index in [4.69, 9.17) is 23.4 Å². The van der Waals surface area contributed by atoms with Gasteiger partial charge in [0, 0.05) is 17.8 Å². The first-order valence-corrected chi connectivity index (χ1v) is 18.1. The molecule has 284 valence electrons. The summed E-state index contributed by atoms with van der Waals surface area (Å²) < 4.78 is 43.9. The van der Waals surface area contributed by atoms with E-state index in [1.807, 2.05) is 37.4 Å². The van der Waals surface area contributed by atoms with Gasteiger partial charge in [0.2, 0.25) is 0 Å². The predicted octanol–water partition coefficient (Wildman–Crippen LogP) is 7.61. The van der Waals surface area contributed by atoms with Crippen LogP contribution in [0.15, 0.2) is 112 Å². The Bertz CT molecular complexity index is 2270. The van der Waals surface area contributed by atoms with Gasteiger partial charge in [0.05, 0.1) is 56.2 Å². The van der Waals surface area contributed by atoms with E-state index in [2.05, 4.69) is 10.3 Å². The van der Waals surface area contributed by atoms with Crippen LogP contribution in [0.2, 0.25) is 0 Å². The molecule has 1 N–H and O–H groups in total. The molecule has 0 saturated carbocycles. The standard InChI is InChI=1S/C43H42FN3O8/c1-30-5-16-37(40(49)26-30)39(48)17-8-31-6-12-35(13-7-31)53-20-3-2-4-34-29-47(46-45-34)19-21-51-22-23-52-24-25-54-36-14-9-32(10-15-36)43-28-41(50)38-27-33(44)11-18-42(38)55-43/h5-18,26-29,49H,2-4,19-25H2,1H3/b17-8+. The molecule has 6 rings (SSSR count). The number of phenols is 1. The lowest BCUT2D eigenvalue weighted by Gasteiger charge is -2.09. The number of allylic oxidation sites excluding steroid dienone is 1. The summed E-state index contributed by atoms with van der Waals surface area (Å²) >= 11 is 0. The van der Waals surface area contributed by atoms with Crippen LogP contribution in [0, 0.1) is 12.7 Å². The number of carbonyl (C=O) groups excluding carboxylic acids is 1. The van der Waals surface area contributed by atoms with Crippen molar-refractivity contribution in [1.82, 2.24) is 15.0 Å². The summed E-state index contributed by atoms with van der Waals surface area (Å²) in [7, 11) is 0. The number of benzene rings is 4. The van der Waals surface area contributed by atoms with Gasteiger partial charge in [0.25, 0.3) is 0 Å². The number of halogens is 1. The number of hydrogen-bond donors (Lipinski definition) is 1. The molecule has 2 aromatic heterocycles. The van der Waals surface area contributed by atoms with E-state index >= 15 is 0 Å². The normalized spacial score (nSPS) is 11.4. The maximum atomic E-state index is 13.5. The van der Waals surface area contributed by atoms with E-state index in [1.165, 1.54) is 30.3 Å². The smallest absolute Gasteiger partial charge is 0.193 e. The molecular weight excluding hydrogens is 705 g/mol. The molecule has 55 heavy (non-hydrogen) atoms. The molecule has 0 fully saturated rings. The number of ketones is 1. The number of aromatic hydroxyl groups is 1. The number of rotatable bonds is 20. The SMILES string of the molecule is Cc1ccc(C(=O)/C=C/c2ccc(OCCCCc3cn(CCOCCOCCOc4ccc(-c5cc(=O)c6cc(F)ccc6o5)cc4)nn3)cc2)c(O)c1. The molecule has 0 aliphatic rings. The Morgan fingerprint density at radius 2 is 1.56 bits per heavy atom. The summed E-state index contributed by atoms with van der Waals surface area (Å²) in [5.41, 5.74) is 3.67. The van der Waals surface area contributed by atoms with Gasteiger partial charge < -0.3 is 28.5 Å². The van der Waals surface area contributed by atoms with Crippen LogP contribution in [0.25, 0.3) is 28.4 Å². The predicted molar refractivity (Wildman–Crippen MR) is 206 cm³/mol. The van der Waals surface area contributed by atoms with E-state index in [0.29, 0.717) is 68.8 Å². The Kier molecular flexibility index (Phi) is 13.5. The van der Waals surface area contributed by atoms with Crippen molar-refractivity contribution in [3.8, 4) is 28.6 Å². The van der Waals surface area contributed by atoms with Crippen molar-refractivity contribution >= 4 is 22.8 Å². The molecule has 0 aliphatic heterocycles. The van der Waals surface area contributed by atoms with Crippen molar-refractivity contribution in [2.45, 2.75) is 32.7 Å². The van der Waals surface area contributed by atoms with Gasteiger partial charge in [-0.2, -0.15) is 0 Å². The van der Waals surface area contributed by atoms with Gasteiger partial charge in [0.15, 0.2) is 11.2 Å². The number of phenolic OH excluding ortho intramolecular Hbond substituents is 1. The minimum absolute atomic E-state index is 0.0188. The number of hydrogen-bond acceptors (Lipinski definition) is 10. The maximum Gasteiger partial charge on any atom is 0.193 e. The van der Waals surface area contributed by atoms with E-state index in [9.17, 15) is 19.1 Å². The van der Waals surface area contributed by atoms with Gasteiger partial charge in [-0.15, -0.1) is 5.10 Å². The first-order chi connectivity index (χ1) is 26.8. The van der Waals surface area contributed by atoms with Gasteiger partial charge >= 0.3 is 0 Å². The monoisotopic (exact) mass is 747 g/mol. The molecule has 12 heteroatoms. The molecule has 4 aromatic carbocycles. The third kappa shape index (κ3) is 11.4. The maximum absolute atomic E-state index is 13.5. The Morgan fingerprint density at radius 3 is 2.35 bits per heavy atom. The topological polar surface area (TPSA) is 135 Å². The molecule has 6 aromatic rings. The third-order valence-electron chi connectivity index (χ3n) is 8.57. The average Bonchev–Trinajstić information content (AvgIpc) is 3.64. The first kappa shape index (κ1) is 38.6. The number of unbranched alkanes of at least 4 members (excludes halogenated alkanes) is 1. The molecular formula is C43H42FN3O8. The Hall–Kier alpha value is -6.11. The van der Waals surface area contributed by atoms with E-state index in [0.717, 1.165) is 41.8 Å². The van der Waals surface area contributed by atoms with Crippen molar-refractivity contribution < 1.29 is 37.7 Å². The fourth-order valence-electron chi connectivity index (χ4n) is 5.63. The van der Waals surface area contributed by atoms with Crippen LogP contribution in [-0.4, -0.2) is 65.5 Å². The highest BCUT2D eigenvalue weighted by Gasteiger charge is 2.10. The zero-order valence-corrected chi connectivity index (χ0v) is 30.5. The van der Waals surface area contributed by atoms with Gasteiger partial charge in [-0.1, -0.05) is 29.5 Å². The largest absolute Gasteiger partial charge is 0.507 e.